The Balaban J connectivity index is 1.25. The molecule has 5 rings (SSSR count). The van der Waals surface area contributed by atoms with E-state index in [2.05, 4.69) is 15.6 Å². The maximum atomic E-state index is 13.4. The highest BCUT2D eigenvalue weighted by Crippen LogP contribution is 2.22. The van der Waals surface area contributed by atoms with Crippen molar-refractivity contribution in [3.05, 3.63) is 132 Å². The summed E-state index contributed by atoms with van der Waals surface area (Å²) in [7, 11) is 0. The Morgan fingerprint density at radius 3 is 2.25 bits per heavy atom. The number of anilines is 2. The van der Waals surface area contributed by atoms with Gasteiger partial charge in [-0.3, -0.25) is 9.59 Å². The number of H-pyrrole nitrogens is 1. The summed E-state index contributed by atoms with van der Waals surface area (Å²) in [6.07, 6.45) is 3.17. The number of benzene rings is 4. The van der Waals surface area contributed by atoms with E-state index in [0.29, 0.717) is 18.5 Å². The minimum Gasteiger partial charge on any atom is -0.459 e. The number of hydrogen-bond acceptors (Lipinski definition) is 6. The van der Waals surface area contributed by atoms with Crippen LogP contribution in [0.5, 0.6) is 0 Å². The van der Waals surface area contributed by atoms with Gasteiger partial charge in [0.15, 0.2) is 0 Å². The van der Waals surface area contributed by atoms with E-state index in [1.165, 1.54) is 12.1 Å². The van der Waals surface area contributed by atoms with Crippen LogP contribution in [-0.2, 0) is 33.8 Å². The van der Waals surface area contributed by atoms with Gasteiger partial charge in [0.2, 0.25) is 5.91 Å². The third kappa shape index (κ3) is 7.70. The first-order valence-corrected chi connectivity index (χ1v) is 14.4. The van der Waals surface area contributed by atoms with E-state index in [-0.39, 0.29) is 30.2 Å². The first-order chi connectivity index (χ1) is 21.4. The molecule has 1 heterocycles. The SMILES string of the molecule is Nc1cc(C(=O)N[C@@H](Cc2c[nH]c3ccccc23)C(=O)OCc2ccccc2)ccc1NC(=O)[C@@H](N)CCc1ccccc1. The molecule has 1 aromatic heterocycles. The number of carbonyl (C=O) groups is 3. The summed E-state index contributed by atoms with van der Waals surface area (Å²) in [5, 5.41) is 6.52. The van der Waals surface area contributed by atoms with Crippen molar-refractivity contribution in [1.82, 2.24) is 10.3 Å². The molecule has 0 saturated heterocycles. The van der Waals surface area contributed by atoms with Gasteiger partial charge in [0, 0.05) is 29.1 Å². The van der Waals surface area contributed by atoms with Crippen LogP contribution in [0.4, 0.5) is 11.4 Å². The molecule has 9 heteroatoms. The highest BCUT2D eigenvalue weighted by Gasteiger charge is 2.25. The summed E-state index contributed by atoms with van der Waals surface area (Å²) >= 11 is 0. The topological polar surface area (TPSA) is 152 Å². The van der Waals surface area contributed by atoms with Gasteiger partial charge in [0.25, 0.3) is 5.91 Å². The first-order valence-electron chi connectivity index (χ1n) is 14.4. The lowest BCUT2D eigenvalue weighted by molar-refractivity contribution is -0.147. The number of aromatic nitrogens is 1. The quantitative estimate of drug-likeness (QED) is 0.105. The average Bonchev–Trinajstić information content (AvgIpc) is 3.46. The zero-order valence-electron chi connectivity index (χ0n) is 24.2. The van der Waals surface area contributed by atoms with Gasteiger partial charge in [-0.05, 0) is 53.8 Å². The number of nitrogens with two attached hydrogens (primary N) is 2. The molecule has 7 N–H and O–H groups in total. The molecule has 2 atom stereocenters. The van der Waals surface area contributed by atoms with Crippen molar-refractivity contribution in [2.24, 2.45) is 5.73 Å². The lowest BCUT2D eigenvalue weighted by Gasteiger charge is -2.18. The second-order valence-electron chi connectivity index (χ2n) is 10.6. The number of esters is 1. The number of nitrogen functional groups attached to an aromatic ring is 1. The summed E-state index contributed by atoms with van der Waals surface area (Å²) in [5.41, 5.74) is 16.8. The fourth-order valence-electron chi connectivity index (χ4n) is 4.93. The predicted octanol–water partition coefficient (Wildman–Crippen LogP) is 4.73. The Kier molecular flexibility index (Phi) is 9.68. The lowest BCUT2D eigenvalue weighted by Crippen LogP contribution is -2.43. The number of rotatable bonds is 12. The third-order valence-electron chi connectivity index (χ3n) is 7.41. The second-order valence-corrected chi connectivity index (χ2v) is 10.6. The van der Waals surface area contributed by atoms with Crippen LogP contribution in [0, 0.1) is 0 Å². The molecule has 224 valence electrons. The number of hydrogen-bond donors (Lipinski definition) is 5. The van der Waals surface area contributed by atoms with E-state index in [0.717, 1.165) is 27.6 Å². The Labute approximate surface area is 255 Å². The van der Waals surface area contributed by atoms with Crippen molar-refractivity contribution in [1.29, 1.82) is 0 Å². The fraction of sp³-hybridized carbons (Fsp3) is 0.171. The molecule has 2 amide bonds. The smallest absolute Gasteiger partial charge is 0.329 e. The Morgan fingerprint density at radius 2 is 1.52 bits per heavy atom. The van der Waals surface area contributed by atoms with Gasteiger partial charge in [0.1, 0.15) is 12.6 Å². The standard InChI is InChI=1S/C35H35N5O4/c36-28(17-15-23-9-3-1-4-10-23)34(42)39-31-18-16-25(19-29(31)37)33(41)40-32(35(43)44-22-24-11-5-2-6-12-24)20-26-21-38-30-14-8-7-13-27(26)30/h1-14,16,18-19,21,28,32,38H,15,17,20,22,36-37H2,(H,39,42)(H,40,41)/t28-,32-/m0/s1. The second kappa shape index (κ2) is 14.2. The minimum atomic E-state index is -0.964. The van der Waals surface area contributed by atoms with Gasteiger partial charge in [-0.25, -0.2) is 4.79 Å². The summed E-state index contributed by atoms with van der Waals surface area (Å²) in [6.45, 7) is 0.0781. The summed E-state index contributed by atoms with van der Waals surface area (Å²) in [5.74, 6) is -1.44. The molecule has 4 aromatic carbocycles. The summed E-state index contributed by atoms with van der Waals surface area (Å²) in [6, 6.07) is 29.7. The van der Waals surface area contributed by atoms with Gasteiger partial charge in [-0.2, -0.15) is 0 Å². The molecule has 5 aromatic rings. The molecule has 44 heavy (non-hydrogen) atoms. The summed E-state index contributed by atoms with van der Waals surface area (Å²) in [4.78, 5) is 42.5. The van der Waals surface area contributed by atoms with E-state index < -0.39 is 24.0 Å². The van der Waals surface area contributed by atoms with E-state index in [1.54, 1.807) is 6.07 Å². The largest absolute Gasteiger partial charge is 0.459 e. The molecule has 0 aliphatic rings. The van der Waals surface area contributed by atoms with Crippen LogP contribution in [0.3, 0.4) is 0 Å². The number of amides is 2. The Hall–Kier alpha value is -5.41. The first kappa shape index (κ1) is 30.1. The van der Waals surface area contributed by atoms with Gasteiger partial charge < -0.3 is 31.8 Å². The monoisotopic (exact) mass is 589 g/mol. The van der Waals surface area contributed by atoms with E-state index >= 15 is 0 Å². The number of nitrogens with one attached hydrogen (secondary N) is 3. The molecule has 0 radical (unpaired) electrons. The zero-order chi connectivity index (χ0) is 30.9. The Bertz CT molecular complexity index is 1740. The third-order valence-corrected chi connectivity index (χ3v) is 7.41. The van der Waals surface area contributed by atoms with Crippen molar-refractivity contribution >= 4 is 40.1 Å². The normalized spacial score (nSPS) is 12.3. The van der Waals surface area contributed by atoms with Crippen LogP contribution in [0.1, 0.15) is 33.5 Å². The Morgan fingerprint density at radius 1 is 0.841 bits per heavy atom. The van der Waals surface area contributed by atoms with Gasteiger partial charge in [-0.15, -0.1) is 0 Å². The van der Waals surface area contributed by atoms with Crippen LogP contribution >= 0.6 is 0 Å². The number of ether oxygens (including phenoxy) is 1. The zero-order valence-corrected chi connectivity index (χ0v) is 24.2. The molecule has 9 nitrogen and oxygen atoms in total. The average molecular weight is 590 g/mol. The number of aryl methyl sites for hydroxylation is 1. The van der Waals surface area contributed by atoms with Crippen LogP contribution < -0.4 is 22.1 Å². The predicted molar refractivity (Wildman–Crippen MR) is 172 cm³/mol. The highest BCUT2D eigenvalue weighted by atomic mass is 16.5. The molecule has 0 aliphatic heterocycles. The van der Waals surface area contributed by atoms with Crippen LogP contribution in [0.2, 0.25) is 0 Å². The van der Waals surface area contributed by atoms with Crippen LogP contribution in [0.25, 0.3) is 10.9 Å². The van der Waals surface area contributed by atoms with Crippen molar-refractivity contribution in [3.8, 4) is 0 Å². The maximum absolute atomic E-state index is 13.4. The number of fused-ring (bicyclic) bond motifs is 1. The van der Waals surface area contributed by atoms with E-state index in [9.17, 15) is 14.4 Å². The molecule has 0 saturated carbocycles. The van der Waals surface area contributed by atoms with Crippen LogP contribution in [0.15, 0.2) is 109 Å². The minimum absolute atomic E-state index is 0.0781. The number of aromatic amines is 1. The highest BCUT2D eigenvalue weighted by molar-refractivity contribution is 6.01. The molecule has 0 spiro atoms. The fourth-order valence-corrected chi connectivity index (χ4v) is 4.93. The van der Waals surface area contributed by atoms with Crippen LogP contribution in [-0.4, -0.2) is 34.9 Å². The van der Waals surface area contributed by atoms with E-state index in [4.69, 9.17) is 16.2 Å². The van der Waals surface area contributed by atoms with Gasteiger partial charge in [-0.1, -0.05) is 78.9 Å². The van der Waals surface area contributed by atoms with Crippen molar-refractivity contribution in [2.45, 2.75) is 38.0 Å². The molecular weight excluding hydrogens is 554 g/mol. The molecular formula is C35H35N5O4. The molecule has 0 unspecified atom stereocenters. The van der Waals surface area contributed by atoms with Crippen molar-refractivity contribution < 1.29 is 19.1 Å². The van der Waals surface area contributed by atoms with Crippen molar-refractivity contribution in [2.75, 3.05) is 11.1 Å². The van der Waals surface area contributed by atoms with E-state index in [1.807, 2.05) is 91.1 Å². The molecule has 0 fully saturated rings. The van der Waals surface area contributed by atoms with Gasteiger partial charge >= 0.3 is 5.97 Å². The maximum Gasteiger partial charge on any atom is 0.329 e. The number of carbonyl (C=O) groups excluding carboxylic acids is 3. The molecule has 0 aliphatic carbocycles. The lowest BCUT2D eigenvalue weighted by atomic mass is 10.0. The van der Waals surface area contributed by atoms with Crippen molar-refractivity contribution in [3.63, 3.8) is 0 Å². The number of para-hydroxylation sites is 1. The van der Waals surface area contributed by atoms with Gasteiger partial charge in [0.05, 0.1) is 17.4 Å². The summed E-state index contributed by atoms with van der Waals surface area (Å²) < 4.78 is 5.60. The molecule has 0 bridgehead atoms.